The van der Waals surface area contributed by atoms with E-state index in [1.54, 1.807) is 0 Å². The van der Waals surface area contributed by atoms with Crippen molar-refractivity contribution in [3.63, 3.8) is 0 Å². The zero-order valence-corrected chi connectivity index (χ0v) is 25.3. The van der Waals surface area contributed by atoms with Crippen LogP contribution in [0.3, 0.4) is 0 Å². The number of rotatable bonds is 7. The number of likely N-dealkylation sites (tertiary alicyclic amines) is 1. The molecule has 1 amide bonds. The van der Waals surface area contributed by atoms with Gasteiger partial charge >= 0.3 is 6.09 Å². The van der Waals surface area contributed by atoms with Crippen LogP contribution in [0, 0.1) is 18.2 Å². The van der Waals surface area contributed by atoms with Crippen molar-refractivity contribution in [2.75, 3.05) is 26.2 Å². The van der Waals surface area contributed by atoms with E-state index in [9.17, 15) is 9.90 Å². The first-order valence-electron chi connectivity index (χ1n) is 14.8. The Balaban J connectivity index is 1.39. The predicted molar refractivity (Wildman–Crippen MR) is 163 cm³/mol. The van der Waals surface area contributed by atoms with Gasteiger partial charge < -0.3 is 14.7 Å². The molecule has 2 heterocycles. The van der Waals surface area contributed by atoms with Crippen molar-refractivity contribution >= 4 is 6.09 Å². The third-order valence-corrected chi connectivity index (χ3v) is 9.00. The van der Waals surface area contributed by atoms with E-state index in [1.807, 2.05) is 61.5 Å². The number of amides is 1. The van der Waals surface area contributed by atoms with Crippen molar-refractivity contribution in [3.05, 3.63) is 77.1 Å². The lowest BCUT2D eigenvalue weighted by Gasteiger charge is -2.48. The molecule has 218 valence electrons. The maximum atomic E-state index is 16.2. The zero-order valence-electron chi connectivity index (χ0n) is 25.3. The van der Waals surface area contributed by atoms with Gasteiger partial charge in [-0.15, -0.1) is 0 Å². The molecule has 1 saturated heterocycles. The fourth-order valence-electron chi connectivity index (χ4n) is 6.53. The first-order valence-corrected chi connectivity index (χ1v) is 14.8. The molecule has 3 aromatic rings. The molecule has 5 rings (SSSR count). The van der Waals surface area contributed by atoms with Gasteiger partial charge in [-0.2, -0.15) is 0 Å². The number of hydrogen-bond acceptors (Lipinski definition) is 3. The lowest BCUT2D eigenvalue weighted by molar-refractivity contribution is 0.0123. The van der Waals surface area contributed by atoms with E-state index in [1.165, 1.54) is 11.3 Å². The summed E-state index contributed by atoms with van der Waals surface area (Å²) in [7, 11) is 0. The Kier molecular flexibility index (Phi) is 7.90. The third-order valence-electron chi connectivity index (χ3n) is 9.00. The second-order valence-corrected chi connectivity index (χ2v) is 13.3. The van der Waals surface area contributed by atoms with E-state index in [4.69, 9.17) is 4.74 Å². The van der Waals surface area contributed by atoms with Crippen LogP contribution < -0.4 is 4.74 Å². The Bertz CT molecular complexity index is 1440. The van der Waals surface area contributed by atoms with Crippen LogP contribution in [0.5, 0.6) is 5.75 Å². The van der Waals surface area contributed by atoms with Gasteiger partial charge in [-0.05, 0) is 79.3 Å². The number of hydrogen-bond donors (Lipinski definition) is 1. The average molecular weight is 559 g/mol. The highest BCUT2D eigenvalue weighted by Crippen LogP contribution is 2.44. The fourth-order valence-corrected chi connectivity index (χ4v) is 6.53. The molecular weight excluding hydrogens is 515 g/mol. The van der Waals surface area contributed by atoms with Crippen LogP contribution in [0.25, 0.3) is 22.3 Å². The molecule has 0 aromatic heterocycles. The van der Waals surface area contributed by atoms with Crippen molar-refractivity contribution < 1.29 is 19.0 Å². The van der Waals surface area contributed by atoms with Crippen LogP contribution in [0.15, 0.2) is 54.6 Å². The van der Waals surface area contributed by atoms with Crippen LogP contribution in [0.4, 0.5) is 9.18 Å². The summed E-state index contributed by atoms with van der Waals surface area (Å²) in [6.07, 6.45) is 1.90. The van der Waals surface area contributed by atoms with Crippen LogP contribution in [0.1, 0.15) is 70.2 Å². The summed E-state index contributed by atoms with van der Waals surface area (Å²) in [5.41, 5.74) is 5.77. The van der Waals surface area contributed by atoms with Crippen LogP contribution in [-0.4, -0.2) is 52.8 Å². The Morgan fingerprint density at radius 2 is 1.76 bits per heavy atom. The third kappa shape index (κ3) is 5.72. The number of nitrogens with zero attached hydrogens (tertiary/aromatic N) is 2. The maximum absolute atomic E-state index is 16.2. The van der Waals surface area contributed by atoms with E-state index in [-0.39, 0.29) is 17.3 Å². The summed E-state index contributed by atoms with van der Waals surface area (Å²) in [6, 6.07) is 17.1. The lowest BCUT2D eigenvalue weighted by Crippen LogP contribution is -2.55. The molecule has 2 aliphatic heterocycles. The van der Waals surface area contributed by atoms with Gasteiger partial charge in [0.1, 0.15) is 11.6 Å². The van der Waals surface area contributed by atoms with Crippen molar-refractivity contribution in [2.45, 2.75) is 72.4 Å². The monoisotopic (exact) mass is 558 g/mol. The molecule has 41 heavy (non-hydrogen) atoms. The fraction of sp³-hybridized carbons (Fsp3) is 0.457. The van der Waals surface area contributed by atoms with Gasteiger partial charge in [-0.1, -0.05) is 69.3 Å². The van der Waals surface area contributed by atoms with Gasteiger partial charge in [0.15, 0.2) is 0 Å². The van der Waals surface area contributed by atoms with Gasteiger partial charge in [-0.25, -0.2) is 9.18 Å². The van der Waals surface area contributed by atoms with Crippen molar-refractivity contribution in [1.82, 2.24) is 9.80 Å². The molecule has 0 bridgehead atoms. The number of ether oxygens (including phenoxy) is 1. The lowest BCUT2D eigenvalue weighted by atomic mass is 9.76. The van der Waals surface area contributed by atoms with Gasteiger partial charge in [-0.3, -0.25) is 4.90 Å². The molecule has 0 saturated carbocycles. The molecule has 0 aliphatic carbocycles. The largest absolute Gasteiger partial charge is 0.493 e. The van der Waals surface area contributed by atoms with E-state index >= 15 is 4.39 Å². The number of benzene rings is 3. The van der Waals surface area contributed by atoms with Gasteiger partial charge in [0, 0.05) is 36.3 Å². The predicted octanol–water partition coefficient (Wildman–Crippen LogP) is 8.34. The number of carbonyl (C=O) groups is 1. The summed E-state index contributed by atoms with van der Waals surface area (Å²) in [5.74, 6) is 0.531. The smallest absolute Gasteiger partial charge is 0.407 e. The first kappa shape index (κ1) is 29.1. The van der Waals surface area contributed by atoms with E-state index in [0.717, 1.165) is 53.1 Å². The molecular formula is C35H43FN2O3. The highest BCUT2D eigenvalue weighted by molar-refractivity contribution is 5.77. The molecule has 1 fully saturated rings. The van der Waals surface area contributed by atoms with Crippen LogP contribution in [0.2, 0.25) is 0 Å². The normalized spacial score (nSPS) is 18.5. The molecule has 0 spiro atoms. The highest BCUT2D eigenvalue weighted by Gasteiger charge is 2.39. The number of carboxylic acid groups (broad SMARTS) is 1. The van der Waals surface area contributed by atoms with Gasteiger partial charge in [0.2, 0.25) is 0 Å². The highest BCUT2D eigenvalue weighted by atomic mass is 19.1. The number of halogens is 1. The molecule has 0 radical (unpaired) electrons. The molecule has 1 unspecified atom stereocenters. The van der Waals surface area contributed by atoms with Crippen molar-refractivity contribution in [2.24, 2.45) is 5.41 Å². The first-order chi connectivity index (χ1) is 19.4. The summed E-state index contributed by atoms with van der Waals surface area (Å²) < 4.78 is 22.4. The molecule has 5 nitrogen and oxygen atoms in total. The van der Waals surface area contributed by atoms with Gasteiger partial charge in [0.05, 0.1) is 12.6 Å². The molecule has 2 aliphatic rings. The Morgan fingerprint density at radius 3 is 2.41 bits per heavy atom. The summed E-state index contributed by atoms with van der Waals surface area (Å²) in [6.45, 7) is 16.0. The van der Waals surface area contributed by atoms with E-state index in [2.05, 4.69) is 39.5 Å². The zero-order chi connectivity index (χ0) is 29.5. The SMILES string of the molecule is Cc1c(OCCCN2CCC2(C)C)cccc1-c1cccc(-c2ccc3c(c2)CCN(C(=O)O)C3C(C)(C)C)c1F. The minimum atomic E-state index is -0.903. The van der Waals surface area contributed by atoms with Crippen LogP contribution >= 0.6 is 0 Å². The second-order valence-electron chi connectivity index (χ2n) is 13.3. The standard InChI is InChI=1S/C35H43FN2O3/c1-23-26(10-8-13-30(23)41-21-9-18-37-20-17-35(37,5)6)29-12-7-11-27(31(29)36)24-14-15-28-25(22-24)16-19-38(33(39)40)32(28)34(2,3)4/h7-8,10-15,22,32H,9,16-21H2,1-6H3,(H,39,40). The van der Waals surface area contributed by atoms with Crippen molar-refractivity contribution in [3.8, 4) is 28.0 Å². The Labute approximate surface area is 243 Å². The minimum Gasteiger partial charge on any atom is -0.493 e. The quantitative estimate of drug-likeness (QED) is 0.296. The second kappa shape index (κ2) is 11.1. The molecule has 1 N–H and O–H groups in total. The van der Waals surface area contributed by atoms with E-state index < -0.39 is 6.09 Å². The number of fused-ring (bicyclic) bond motifs is 1. The Hall–Kier alpha value is -3.38. The topological polar surface area (TPSA) is 53.0 Å². The van der Waals surface area contributed by atoms with Gasteiger partial charge in [0.25, 0.3) is 0 Å². The molecule has 3 aromatic carbocycles. The van der Waals surface area contributed by atoms with E-state index in [0.29, 0.717) is 36.2 Å². The van der Waals surface area contributed by atoms with Crippen molar-refractivity contribution in [1.29, 1.82) is 0 Å². The summed E-state index contributed by atoms with van der Waals surface area (Å²) >= 11 is 0. The maximum Gasteiger partial charge on any atom is 0.407 e. The summed E-state index contributed by atoms with van der Waals surface area (Å²) in [4.78, 5) is 16.0. The summed E-state index contributed by atoms with van der Waals surface area (Å²) in [5, 5.41) is 9.83. The molecule has 1 atom stereocenters. The average Bonchev–Trinajstić information content (AvgIpc) is 2.92. The minimum absolute atomic E-state index is 0.253. The Morgan fingerprint density at radius 1 is 1.05 bits per heavy atom. The molecule has 6 heteroatoms. The van der Waals surface area contributed by atoms with Crippen LogP contribution in [-0.2, 0) is 6.42 Å².